The van der Waals surface area contributed by atoms with E-state index in [1.54, 1.807) is 0 Å². The highest BCUT2D eigenvalue weighted by Crippen LogP contribution is 2.28. The molecule has 2 aliphatic rings. The number of nitrogens with one attached hydrogen (secondary N) is 2. The fraction of sp³-hybridized carbons (Fsp3) is 0.550. The van der Waals surface area contributed by atoms with Crippen LogP contribution in [0.25, 0.3) is 0 Å². The van der Waals surface area contributed by atoms with E-state index < -0.39 is 0 Å². The molecule has 1 saturated carbocycles. The van der Waals surface area contributed by atoms with E-state index >= 15 is 0 Å². The lowest BCUT2D eigenvalue weighted by molar-refractivity contribution is -0.130. The van der Waals surface area contributed by atoms with Crippen LogP contribution < -0.4 is 10.6 Å². The highest BCUT2D eigenvalue weighted by molar-refractivity contribution is 7.99. The van der Waals surface area contributed by atoms with Gasteiger partial charge in [0, 0.05) is 49.2 Å². The first-order valence-corrected chi connectivity index (χ1v) is 10.8. The summed E-state index contributed by atoms with van der Waals surface area (Å²) < 4.78 is 0. The number of anilines is 1. The van der Waals surface area contributed by atoms with Gasteiger partial charge in [-0.2, -0.15) is 11.8 Å². The standard InChI is InChI=1S/C20H27N3O3S/c24-18(2-1-9-21-20(26)16-5-6-16)22-17-7-3-15(4-8-17)14-19(25)23-10-12-27-13-11-23/h3-4,7-8,16H,1-2,5-6,9-14H2,(H,21,26)(H,22,24). The zero-order valence-electron chi connectivity index (χ0n) is 15.5. The number of carbonyl (C=O) groups excluding carboxylic acids is 3. The molecule has 0 atom stereocenters. The van der Waals surface area contributed by atoms with Crippen molar-refractivity contribution in [2.24, 2.45) is 5.92 Å². The van der Waals surface area contributed by atoms with E-state index in [4.69, 9.17) is 0 Å². The van der Waals surface area contributed by atoms with Crippen LogP contribution in [0.4, 0.5) is 5.69 Å². The van der Waals surface area contributed by atoms with Gasteiger partial charge in [-0.25, -0.2) is 0 Å². The molecule has 0 aromatic heterocycles. The molecule has 7 heteroatoms. The quantitative estimate of drug-likeness (QED) is 0.667. The minimum Gasteiger partial charge on any atom is -0.356 e. The monoisotopic (exact) mass is 389 g/mol. The Morgan fingerprint density at radius 2 is 1.78 bits per heavy atom. The average molecular weight is 390 g/mol. The van der Waals surface area contributed by atoms with E-state index in [0.29, 0.717) is 25.8 Å². The van der Waals surface area contributed by atoms with Crippen LogP contribution in [0.5, 0.6) is 0 Å². The highest BCUT2D eigenvalue weighted by atomic mass is 32.2. The molecular formula is C20H27N3O3S. The van der Waals surface area contributed by atoms with Crippen LogP contribution >= 0.6 is 11.8 Å². The number of thioether (sulfide) groups is 1. The first-order valence-electron chi connectivity index (χ1n) is 9.64. The predicted octanol–water partition coefficient (Wildman–Crippen LogP) is 2.05. The minimum absolute atomic E-state index is 0.0645. The smallest absolute Gasteiger partial charge is 0.227 e. The van der Waals surface area contributed by atoms with Gasteiger partial charge in [0.25, 0.3) is 0 Å². The fourth-order valence-electron chi connectivity index (χ4n) is 2.98. The predicted molar refractivity (Wildman–Crippen MR) is 108 cm³/mol. The van der Waals surface area contributed by atoms with Crippen molar-refractivity contribution in [3.8, 4) is 0 Å². The molecule has 2 fully saturated rings. The molecule has 1 heterocycles. The van der Waals surface area contributed by atoms with Crippen molar-refractivity contribution in [3.63, 3.8) is 0 Å². The lowest BCUT2D eigenvalue weighted by atomic mass is 10.1. The molecule has 3 rings (SSSR count). The Balaban J connectivity index is 1.35. The van der Waals surface area contributed by atoms with Gasteiger partial charge in [0.05, 0.1) is 6.42 Å². The fourth-order valence-corrected chi connectivity index (χ4v) is 3.88. The molecule has 1 aliphatic heterocycles. The van der Waals surface area contributed by atoms with Crippen LogP contribution in [0.2, 0.25) is 0 Å². The van der Waals surface area contributed by atoms with Crippen molar-refractivity contribution in [1.82, 2.24) is 10.2 Å². The summed E-state index contributed by atoms with van der Waals surface area (Å²) in [4.78, 5) is 37.7. The van der Waals surface area contributed by atoms with Gasteiger partial charge in [0.15, 0.2) is 0 Å². The second-order valence-corrected chi connectivity index (χ2v) is 8.31. The second kappa shape index (κ2) is 9.78. The molecular weight excluding hydrogens is 362 g/mol. The van der Waals surface area contributed by atoms with Crippen LogP contribution in [0.15, 0.2) is 24.3 Å². The third kappa shape index (κ3) is 6.57. The number of rotatable bonds is 8. The van der Waals surface area contributed by atoms with Crippen LogP contribution in [0.1, 0.15) is 31.2 Å². The maximum atomic E-state index is 12.3. The number of amides is 3. The highest BCUT2D eigenvalue weighted by Gasteiger charge is 2.29. The van der Waals surface area contributed by atoms with Crippen molar-refractivity contribution in [3.05, 3.63) is 29.8 Å². The zero-order chi connectivity index (χ0) is 19.1. The minimum atomic E-state index is -0.0645. The molecule has 146 valence electrons. The molecule has 27 heavy (non-hydrogen) atoms. The summed E-state index contributed by atoms with van der Waals surface area (Å²) in [5.74, 6) is 2.45. The number of benzene rings is 1. The van der Waals surface area contributed by atoms with Crippen molar-refractivity contribution < 1.29 is 14.4 Å². The summed E-state index contributed by atoms with van der Waals surface area (Å²) in [6.45, 7) is 2.20. The number of hydrogen-bond donors (Lipinski definition) is 2. The third-order valence-electron chi connectivity index (χ3n) is 4.78. The maximum absolute atomic E-state index is 12.3. The molecule has 6 nitrogen and oxygen atoms in total. The van der Waals surface area contributed by atoms with E-state index in [9.17, 15) is 14.4 Å². The van der Waals surface area contributed by atoms with E-state index in [2.05, 4.69) is 10.6 Å². The summed E-state index contributed by atoms with van der Waals surface area (Å²) in [6, 6.07) is 7.45. The van der Waals surface area contributed by atoms with E-state index in [1.165, 1.54) is 0 Å². The topological polar surface area (TPSA) is 78.5 Å². The average Bonchev–Trinajstić information content (AvgIpc) is 3.53. The summed E-state index contributed by atoms with van der Waals surface area (Å²) in [5, 5.41) is 5.72. The summed E-state index contributed by atoms with van der Waals surface area (Å²) in [7, 11) is 0. The van der Waals surface area contributed by atoms with Crippen molar-refractivity contribution in [2.45, 2.75) is 32.1 Å². The lowest BCUT2D eigenvalue weighted by Crippen LogP contribution is -2.38. The third-order valence-corrected chi connectivity index (χ3v) is 5.73. The SMILES string of the molecule is O=C(CCCNC(=O)C1CC1)Nc1ccc(CC(=O)N2CCSCC2)cc1. The second-order valence-electron chi connectivity index (χ2n) is 7.08. The Bertz CT molecular complexity index is 668. The van der Waals surface area contributed by atoms with Gasteiger partial charge < -0.3 is 15.5 Å². The summed E-state index contributed by atoms with van der Waals surface area (Å²) in [6.07, 6.45) is 3.39. The zero-order valence-corrected chi connectivity index (χ0v) is 16.4. The summed E-state index contributed by atoms with van der Waals surface area (Å²) in [5.41, 5.74) is 1.69. The Morgan fingerprint density at radius 3 is 2.44 bits per heavy atom. The Morgan fingerprint density at radius 1 is 1.07 bits per heavy atom. The number of carbonyl (C=O) groups is 3. The number of nitrogens with zero attached hydrogens (tertiary/aromatic N) is 1. The number of hydrogen-bond acceptors (Lipinski definition) is 4. The Hall–Kier alpha value is -2.02. The Labute approximate surface area is 164 Å². The summed E-state index contributed by atoms with van der Waals surface area (Å²) >= 11 is 1.89. The van der Waals surface area contributed by atoms with E-state index in [-0.39, 0.29) is 23.6 Å². The molecule has 1 saturated heterocycles. The van der Waals surface area contributed by atoms with Gasteiger partial charge in [-0.15, -0.1) is 0 Å². The van der Waals surface area contributed by atoms with Gasteiger partial charge >= 0.3 is 0 Å². The molecule has 1 aromatic carbocycles. The van der Waals surface area contributed by atoms with Crippen LogP contribution in [-0.4, -0.2) is 53.8 Å². The Kier molecular flexibility index (Phi) is 7.15. The van der Waals surface area contributed by atoms with Gasteiger partial charge in [0.1, 0.15) is 0 Å². The largest absolute Gasteiger partial charge is 0.356 e. The lowest BCUT2D eigenvalue weighted by Gasteiger charge is -2.26. The molecule has 0 unspecified atom stereocenters. The van der Waals surface area contributed by atoms with E-state index in [0.717, 1.165) is 48.7 Å². The maximum Gasteiger partial charge on any atom is 0.227 e. The van der Waals surface area contributed by atoms with Crippen molar-refractivity contribution in [2.75, 3.05) is 36.5 Å². The van der Waals surface area contributed by atoms with Crippen molar-refractivity contribution >= 4 is 35.2 Å². The van der Waals surface area contributed by atoms with Crippen LogP contribution in [0, 0.1) is 5.92 Å². The van der Waals surface area contributed by atoms with Gasteiger partial charge in [-0.1, -0.05) is 12.1 Å². The van der Waals surface area contributed by atoms with Crippen LogP contribution in [0.3, 0.4) is 0 Å². The van der Waals surface area contributed by atoms with Crippen molar-refractivity contribution in [1.29, 1.82) is 0 Å². The molecule has 1 aliphatic carbocycles. The normalized spacial score (nSPS) is 16.7. The molecule has 3 amide bonds. The van der Waals surface area contributed by atoms with E-state index in [1.807, 2.05) is 40.9 Å². The molecule has 2 N–H and O–H groups in total. The molecule has 0 radical (unpaired) electrons. The first kappa shape index (κ1) is 19.7. The first-order chi connectivity index (χ1) is 13.1. The van der Waals surface area contributed by atoms with Gasteiger partial charge in [-0.3, -0.25) is 14.4 Å². The molecule has 0 spiro atoms. The van der Waals surface area contributed by atoms with Gasteiger partial charge in [-0.05, 0) is 37.0 Å². The van der Waals surface area contributed by atoms with Crippen LogP contribution in [-0.2, 0) is 20.8 Å². The molecule has 0 bridgehead atoms. The molecule has 1 aromatic rings. The van der Waals surface area contributed by atoms with Gasteiger partial charge in [0.2, 0.25) is 17.7 Å².